The lowest BCUT2D eigenvalue weighted by Gasteiger charge is -2.11. The normalized spacial score (nSPS) is 11.8. The SMILES string of the molecule is NC(=O)NC(=O)CNCC(O)c1ccccc1. The first kappa shape index (κ1) is 13.1. The summed E-state index contributed by atoms with van der Waals surface area (Å²) in [6, 6.07) is 8.17. The number of aliphatic hydroxyl groups excluding tert-OH is 1. The van der Waals surface area contributed by atoms with Gasteiger partial charge in [0, 0.05) is 6.54 Å². The molecule has 0 radical (unpaired) electrons. The average molecular weight is 237 g/mol. The van der Waals surface area contributed by atoms with E-state index in [1.54, 1.807) is 12.1 Å². The molecular weight excluding hydrogens is 222 g/mol. The molecule has 1 aromatic carbocycles. The molecule has 0 saturated carbocycles. The molecule has 1 aromatic rings. The number of nitrogens with two attached hydrogens (primary N) is 1. The van der Waals surface area contributed by atoms with Gasteiger partial charge in [0.1, 0.15) is 0 Å². The molecule has 0 heterocycles. The number of carbonyl (C=O) groups is 2. The number of urea groups is 1. The van der Waals surface area contributed by atoms with E-state index in [0.29, 0.717) is 0 Å². The van der Waals surface area contributed by atoms with Gasteiger partial charge in [-0.15, -0.1) is 0 Å². The fourth-order valence-corrected chi connectivity index (χ4v) is 1.30. The number of hydrogen-bond donors (Lipinski definition) is 4. The molecule has 0 saturated heterocycles. The summed E-state index contributed by atoms with van der Waals surface area (Å²) in [5, 5.41) is 14.4. The van der Waals surface area contributed by atoms with Gasteiger partial charge in [-0.05, 0) is 5.56 Å². The van der Waals surface area contributed by atoms with Crippen molar-refractivity contribution in [1.29, 1.82) is 0 Å². The maximum absolute atomic E-state index is 11.0. The Morgan fingerprint density at radius 1 is 1.29 bits per heavy atom. The van der Waals surface area contributed by atoms with Gasteiger partial charge in [0.15, 0.2) is 0 Å². The van der Waals surface area contributed by atoms with Crippen LogP contribution in [0.4, 0.5) is 4.79 Å². The monoisotopic (exact) mass is 237 g/mol. The Morgan fingerprint density at radius 3 is 2.53 bits per heavy atom. The summed E-state index contributed by atoms with van der Waals surface area (Å²) < 4.78 is 0. The largest absolute Gasteiger partial charge is 0.387 e. The van der Waals surface area contributed by atoms with Crippen molar-refractivity contribution in [2.75, 3.05) is 13.1 Å². The first-order valence-electron chi connectivity index (χ1n) is 5.12. The summed E-state index contributed by atoms with van der Waals surface area (Å²) in [7, 11) is 0. The Kier molecular flexibility index (Phi) is 5.12. The van der Waals surface area contributed by atoms with Gasteiger partial charge in [0.2, 0.25) is 5.91 Å². The van der Waals surface area contributed by atoms with Crippen molar-refractivity contribution < 1.29 is 14.7 Å². The van der Waals surface area contributed by atoms with Crippen LogP contribution in [0.2, 0.25) is 0 Å². The second kappa shape index (κ2) is 6.62. The molecule has 1 unspecified atom stereocenters. The molecule has 6 heteroatoms. The van der Waals surface area contributed by atoms with Crippen molar-refractivity contribution in [3.8, 4) is 0 Å². The van der Waals surface area contributed by atoms with Crippen LogP contribution >= 0.6 is 0 Å². The zero-order valence-electron chi connectivity index (χ0n) is 9.22. The molecule has 0 bridgehead atoms. The molecule has 0 aliphatic carbocycles. The van der Waals surface area contributed by atoms with E-state index in [1.165, 1.54) is 0 Å². The van der Waals surface area contributed by atoms with Gasteiger partial charge in [-0.1, -0.05) is 30.3 Å². The van der Waals surface area contributed by atoms with E-state index in [1.807, 2.05) is 23.5 Å². The van der Waals surface area contributed by atoms with Crippen molar-refractivity contribution in [2.24, 2.45) is 5.73 Å². The van der Waals surface area contributed by atoms with Gasteiger partial charge in [-0.25, -0.2) is 4.79 Å². The van der Waals surface area contributed by atoms with Gasteiger partial charge < -0.3 is 16.2 Å². The van der Waals surface area contributed by atoms with E-state index < -0.39 is 18.0 Å². The third kappa shape index (κ3) is 5.10. The number of imide groups is 1. The van der Waals surface area contributed by atoms with E-state index >= 15 is 0 Å². The highest BCUT2D eigenvalue weighted by molar-refractivity contribution is 5.94. The minimum absolute atomic E-state index is 0.0766. The van der Waals surface area contributed by atoms with Crippen molar-refractivity contribution in [3.05, 3.63) is 35.9 Å². The summed E-state index contributed by atoms with van der Waals surface area (Å²) in [6.07, 6.45) is -0.697. The lowest BCUT2D eigenvalue weighted by Crippen LogP contribution is -2.41. The standard InChI is InChI=1S/C11H15N3O3/c12-11(17)14-10(16)7-13-6-9(15)8-4-2-1-3-5-8/h1-5,9,13,15H,6-7H2,(H3,12,14,16,17). The van der Waals surface area contributed by atoms with Crippen molar-refractivity contribution in [1.82, 2.24) is 10.6 Å². The van der Waals surface area contributed by atoms with Gasteiger partial charge >= 0.3 is 6.03 Å². The molecular formula is C11H15N3O3. The van der Waals surface area contributed by atoms with Crippen LogP contribution in [0.15, 0.2) is 30.3 Å². The molecule has 0 aromatic heterocycles. The number of aliphatic hydroxyl groups is 1. The summed E-state index contributed by atoms with van der Waals surface area (Å²) in [4.78, 5) is 21.4. The van der Waals surface area contributed by atoms with E-state index in [4.69, 9.17) is 5.73 Å². The lowest BCUT2D eigenvalue weighted by molar-refractivity contribution is -0.119. The second-order valence-electron chi connectivity index (χ2n) is 3.47. The van der Waals surface area contributed by atoms with Crippen LogP contribution < -0.4 is 16.4 Å². The number of primary amides is 1. The van der Waals surface area contributed by atoms with Crippen LogP contribution in [0.1, 0.15) is 11.7 Å². The van der Waals surface area contributed by atoms with Gasteiger partial charge in [0.05, 0.1) is 12.6 Å². The predicted octanol–water partition coefficient (Wildman–Crippen LogP) is -0.495. The fraction of sp³-hybridized carbons (Fsp3) is 0.273. The number of amides is 3. The van der Waals surface area contributed by atoms with Gasteiger partial charge in [0.25, 0.3) is 0 Å². The van der Waals surface area contributed by atoms with Crippen molar-refractivity contribution in [2.45, 2.75) is 6.10 Å². The molecule has 0 spiro atoms. The van der Waals surface area contributed by atoms with Crippen LogP contribution in [0, 0.1) is 0 Å². The van der Waals surface area contributed by atoms with Crippen LogP contribution in [0.25, 0.3) is 0 Å². The van der Waals surface area contributed by atoms with Gasteiger partial charge in [-0.2, -0.15) is 0 Å². The van der Waals surface area contributed by atoms with Crippen LogP contribution in [-0.2, 0) is 4.79 Å². The Labute approximate surface area is 98.8 Å². The maximum atomic E-state index is 11.0. The Bertz CT molecular complexity index is 381. The fourth-order valence-electron chi connectivity index (χ4n) is 1.30. The van der Waals surface area contributed by atoms with E-state index in [-0.39, 0.29) is 13.1 Å². The highest BCUT2D eigenvalue weighted by atomic mass is 16.3. The molecule has 5 N–H and O–H groups in total. The Hall–Kier alpha value is -1.92. The minimum Gasteiger partial charge on any atom is -0.387 e. The summed E-state index contributed by atoms with van der Waals surface area (Å²) in [6.45, 7) is 0.142. The second-order valence-corrected chi connectivity index (χ2v) is 3.47. The predicted molar refractivity (Wildman–Crippen MR) is 62.0 cm³/mol. The molecule has 6 nitrogen and oxygen atoms in total. The van der Waals surface area contributed by atoms with E-state index in [9.17, 15) is 14.7 Å². The quantitative estimate of drug-likeness (QED) is 0.554. The van der Waals surface area contributed by atoms with Crippen LogP contribution in [-0.4, -0.2) is 30.1 Å². The summed E-state index contributed by atoms with van der Waals surface area (Å²) >= 11 is 0. The maximum Gasteiger partial charge on any atom is 0.318 e. The number of nitrogens with one attached hydrogen (secondary N) is 2. The highest BCUT2D eigenvalue weighted by Gasteiger charge is 2.08. The van der Waals surface area contributed by atoms with Gasteiger partial charge in [-0.3, -0.25) is 10.1 Å². The molecule has 0 fully saturated rings. The van der Waals surface area contributed by atoms with Crippen molar-refractivity contribution in [3.63, 3.8) is 0 Å². The summed E-state index contributed by atoms with van der Waals surface area (Å²) in [5.74, 6) is -0.530. The molecule has 17 heavy (non-hydrogen) atoms. The molecule has 1 atom stereocenters. The smallest absolute Gasteiger partial charge is 0.318 e. The van der Waals surface area contributed by atoms with Crippen LogP contribution in [0.3, 0.4) is 0 Å². The zero-order valence-corrected chi connectivity index (χ0v) is 9.22. The molecule has 0 aliphatic rings. The molecule has 0 aliphatic heterocycles. The molecule has 92 valence electrons. The highest BCUT2D eigenvalue weighted by Crippen LogP contribution is 2.09. The Morgan fingerprint density at radius 2 is 1.94 bits per heavy atom. The summed E-state index contributed by atoms with van der Waals surface area (Å²) in [5.41, 5.74) is 5.53. The van der Waals surface area contributed by atoms with E-state index in [2.05, 4.69) is 5.32 Å². The number of benzene rings is 1. The third-order valence-corrected chi connectivity index (χ3v) is 2.07. The van der Waals surface area contributed by atoms with Crippen molar-refractivity contribution >= 4 is 11.9 Å². The third-order valence-electron chi connectivity index (χ3n) is 2.07. The van der Waals surface area contributed by atoms with E-state index in [0.717, 1.165) is 5.56 Å². The first-order valence-corrected chi connectivity index (χ1v) is 5.12. The number of rotatable bonds is 5. The number of carbonyl (C=O) groups excluding carboxylic acids is 2. The zero-order chi connectivity index (χ0) is 12.7. The first-order chi connectivity index (χ1) is 8.09. The number of hydrogen-bond acceptors (Lipinski definition) is 4. The van der Waals surface area contributed by atoms with Crippen LogP contribution in [0.5, 0.6) is 0 Å². The topological polar surface area (TPSA) is 104 Å². The molecule has 3 amide bonds. The lowest BCUT2D eigenvalue weighted by atomic mass is 10.1. The average Bonchev–Trinajstić information content (AvgIpc) is 2.29. The Balaban J connectivity index is 2.27. The molecule has 1 rings (SSSR count). The minimum atomic E-state index is -0.889.